The normalized spacial score (nSPS) is 19.9. The summed E-state index contributed by atoms with van der Waals surface area (Å²) in [5.74, 6) is 0. The summed E-state index contributed by atoms with van der Waals surface area (Å²) in [7, 11) is -0.956. The molecule has 1 heterocycles. The fourth-order valence-electron chi connectivity index (χ4n) is 1.16. The van der Waals surface area contributed by atoms with Crippen LogP contribution in [0.15, 0.2) is 5.38 Å². The molecule has 0 saturated heterocycles. The zero-order chi connectivity index (χ0) is 10.8. The second-order valence-electron chi connectivity index (χ2n) is 3.69. The predicted molar refractivity (Wildman–Crippen MR) is 64.1 cm³/mol. The van der Waals surface area contributed by atoms with E-state index in [1.165, 1.54) is 11.3 Å². The van der Waals surface area contributed by atoms with Gasteiger partial charge >= 0.3 is 0 Å². The fourth-order valence-corrected chi connectivity index (χ4v) is 3.17. The quantitative estimate of drug-likeness (QED) is 0.831. The standard InChI is InChI=1S/C9H15N3OS2/c1-2-7(10)8-5-14-9(11-8)12-15(13)6-3-4-6/h5-7H,2-4,10H2,1H3,(H,11,12). The summed E-state index contributed by atoms with van der Waals surface area (Å²) >= 11 is 1.47. The van der Waals surface area contributed by atoms with Crippen molar-refractivity contribution in [3.63, 3.8) is 0 Å². The third kappa shape index (κ3) is 2.76. The second-order valence-corrected chi connectivity index (χ2v) is 6.01. The van der Waals surface area contributed by atoms with Gasteiger partial charge in [0, 0.05) is 11.4 Å². The molecule has 1 fully saturated rings. The van der Waals surface area contributed by atoms with Crippen LogP contribution in [0, 0.1) is 0 Å². The third-order valence-electron chi connectivity index (χ3n) is 2.36. The van der Waals surface area contributed by atoms with E-state index in [0.29, 0.717) is 5.25 Å². The molecule has 6 heteroatoms. The van der Waals surface area contributed by atoms with Gasteiger partial charge in [-0.15, -0.1) is 11.3 Å². The van der Waals surface area contributed by atoms with E-state index < -0.39 is 11.0 Å². The zero-order valence-electron chi connectivity index (χ0n) is 8.60. The molecule has 1 aliphatic carbocycles. The van der Waals surface area contributed by atoms with Crippen LogP contribution >= 0.6 is 11.3 Å². The van der Waals surface area contributed by atoms with Crippen molar-refractivity contribution >= 4 is 27.5 Å². The Bertz CT molecular complexity index is 362. The lowest BCUT2D eigenvalue weighted by atomic mass is 10.2. The third-order valence-corrected chi connectivity index (χ3v) is 4.73. The molecule has 0 bridgehead atoms. The Morgan fingerprint density at radius 3 is 3.13 bits per heavy atom. The largest absolute Gasteiger partial charge is 0.323 e. The first-order valence-corrected chi connectivity index (χ1v) is 7.18. The lowest BCUT2D eigenvalue weighted by Crippen LogP contribution is -2.11. The van der Waals surface area contributed by atoms with Crippen LogP contribution in [0.2, 0.25) is 0 Å². The first kappa shape index (κ1) is 11.0. The summed E-state index contributed by atoms with van der Waals surface area (Å²) in [6.07, 6.45) is 2.99. The van der Waals surface area contributed by atoms with Crippen molar-refractivity contribution in [1.82, 2.24) is 4.98 Å². The van der Waals surface area contributed by atoms with Gasteiger partial charge in [0.15, 0.2) is 5.13 Å². The van der Waals surface area contributed by atoms with Crippen molar-refractivity contribution < 1.29 is 4.21 Å². The predicted octanol–water partition coefficient (Wildman–Crippen LogP) is 1.79. The van der Waals surface area contributed by atoms with Crippen LogP contribution in [0.5, 0.6) is 0 Å². The summed E-state index contributed by atoms with van der Waals surface area (Å²) < 4.78 is 14.5. The molecule has 2 unspecified atom stereocenters. The number of nitrogens with zero attached hydrogens (tertiary/aromatic N) is 1. The van der Waals surface area contributed by atoms with Gasteiger partial charge in [0.1, 0.15) is 11.0 Å². The number of hydrogen-bond acceptors (Lipinski definition) is 4. The highest BCUT2D eigenvalue weighted by Gasteiger charge is 2.29. The minimum absolute atomic E-state index is 0.00818. The van der Waals surface area contributed by atoms with E-state index in [9.17, 15) is 4.21 Å². The molecule has 0 aliphatic heterocycles. The van der Waals surface area contributed by atoms with Gasteiger partial charge in [-0.05, 0) is 19.3 Å². The Labute approximate surface area is 95.9 Å². The van der Waals surface area contributed by atoms with Gasteiger partial charge in [0.25, 0.3) is 0 Å². The van der Waals surface area contributed by atoms with Gasteiger partial charge in [-0.2, -0.15) is 0 Å². The molecular weight excluding hydrogens is 230 g/mol. The van der Waals surface area contributed by atoms with Crippen LogP contribution in [0.4, 0.5) is 5.13 Å². The van der Waals surface area contributed by atoms with Gasteiger partial charge in [-0.25, -0.2) is 9.19 Å². The molecule has 1 aromatic rings. The SMILES string of the molecule is CCC(N)c1csc(NS(=O)C2CC2)n1. The van der Waals surface area contributed by atoms with E-state index in [0.717, 1.165) is 30.1 Å². The van der Waals surface area contributed by atoms with Crippen molar-refractivity contribution in [1.29, 1.82) is 0 Å². The molecule has 0 spiro atoms. The van der Waals surface area contributed by atoms with Crippen molar-refractivity contribution in [3.8, 4) is 0 Å². The molecule has 0 amide bonds. The molecule has 2 rings (SSSR count). The summed E-state index contributed by atoms with van der Waals surface area (Å²) in [5, 5.41) is 2.98. The maximum atomic E-state index is 11.6. The summed E-state index contributed by atoms with van der Waals surface area (Å²) in [6, 6.07) is -0.00818. The van der Waals surface area contributed by atoms with E-state index in [-0.39, 0.29) is 6.04 Å². The molecule has 0 radical (unpaired) electrons. The highest BCUT2D eigenvalue weighted by Crippen LogP contribution is 2.28. The van der Waals surface area contributed by atoms with Gasteiger partial charge in [0.2, 0.25) is 0 Å². The van der Waals surface area contributed by atoms with Crippen molar-refractivity contribution in [2.45, 2.75) is 37.5 Å². The Hall–Kier alpha value is -0.460. The van der Waals surface area contributed by atoms with Crippen molar-refractivity contribution in [2.24, 2.45) is 5.73 Å². The molecule has 15 heavy (non-hydrogen) atoms. The average molecular weight is 245 g/mol. The minimum Gasteiger partial charge on any atom is -0.323 e. The van der Waals surface area contributed by atoms with E-state index in [1.54, 1.807) is 0 Å². The summed E-state index contributed by atoms with van der Waals surface area (Å²) in [5.41, 5.74) is 6.74. The molecular formula is C9H15N3OS2. The molecule has 84 valence electrons. The Morgan fingerprint density at radius 2 is 2.53 bits per heavy atom. The van der Waals surface area contributed by atoms with Crippen LogP contribution in [-0.2, 0) is 11.0 Å². The number of aromatic nitrogens is 1. The molecule has 1 saturated carbocycles. The smallest absolute Gasteiger partial charge is 0.194 e. The minimum atomic E-state index is -0.956. The van der Waals surface area contributed by atoms with Crippen molar-refractivity contribution in [2.75, 3.05) is 4.72 Å². The molecule has 2 atom stereocenters. The van der Waals surface area contributed by atoms with Crippen LogP contribution in [-0.4, -0.2) is 14.4 Å². The maximum Gasteiger partial charge on any atom is 0.194 e. The van der Waals surface area contributed by atoms with Gasteiger partial charge < -0.3 is 5.73 Å². The topological polar surface area (TPSA) is 68.0 Å². The highest BCUT2D eigenvalue weighted by atomic mass is 32.2. The van der Waals surface area contributed by atoms with Crippen molar-refractivity contribution in [3.05, 3.63) is 11.1 Å². The first-order chi connectivity index (χ1) is 7.20. The van der Waals surface area contributed by atoms with Crippen LogP contribution < -0.4 is 10.5 Å². The Kier molecular flexibility index (Phi) is 3.38. The summed E-state index contributed by atoms with van der Waals surface area (Å²) in [6.45, 7) is 2.03. The first-order valence-electron chi connectivity index (χ1n) is 5.09. The number of thiazole rings is 1. The molecule has 3 N–H and O–H groups in total. The number of hydrogen-bond donors (Lipinski definition) is 2. The molecule has 0 aromatic carbocycles. The van der Waals surface area contributed by atoms with Gasteiger partial charge in [0.05, 0.1) is 10.9 Å². The maximum absolute atomic E-state index is 11.6. The Balaban J connectivity index is 1.97. The van der Waals surface area contributed by atoms with E-state index in [2.05, 4.69) is 9.71 Å². The molecule has 1 aliphatic rings. The van der Waals surface area contributed by atoms with Crippen LogP contribution in [0.25, 0.3) is 0 Å². The number of nitrogens with one attached hydrogen (secondary N) is 1. The lowest BCUT2D eigenvalue weighted by molar-refractivity contribution is 0.680. The zero-order valence-corrected chi connectivity index (χ0v) is 10.2. The van der Waals surface area contributed by atoms with Gasteiger partial charge in [-0.3, -0.25) is 4.72 Å². The lowest BCUT2D eigenvalue weighted by Gasteiger charge is -2.03. The van der Waals surface area contributed by atoms with Gasteiger partial charge in [-0.1, -0.05) is 6.92 Å². The second kappa shape index (κ2) is 4.59. The number of rotatable bonds is 5. The number of nitrogens with two attached hydrogens (primary N) is 1. The van der Waals surface area contributed by atoms with E-state index in [4.69, 9.17) is 5.73 Å². The van der Waals surface area contributed by atoms with Crippen LogP contribution in [0.1, 0.15) is 37.9 Å². The summed E-state index contributed by atoms with van der Waals surface area (Å²) in [4.78, 5) is 4.32. The monoisotopic (exact) mass is 245 g/mol. The molecule has 1 aromatic heterocycles. The average Bonchev–Trinajstić information content (AvgIpc) is 2.99. The fraction of sp³-hybridized carbons (Fsp3) is 0.667. The molecule has 4 nitrogen and oxygen atoms in total. The van der Waals surface area contributed by atoms with E-state index in [1.807, 2.05) is 12.3 Å². The Morgan fingerprint density at radius 1 is 1.80 bits per heavy atom. The van der Waals surface area contributed by atoms with E-state index >= 15 is 0 Å². The van der Waals surface area contributed by atoms with Crippen LogP contribution in [0.3, 0.4) is 0 Å². The number of anilines is 1. The highest BCUT2D eigenvalue weighted by molar-refractivity contribution is 7.87.